The Bertz CT molecular complexity index is 1010. The average Bonchev–Trinajstić information content (AvgIpc) is 3.08. The molecule has 5 nitrogen and oxygen atoms in total. The first-order valence-electron chi connectivity index (χ1n) is 8.95. The topological polar surface area (TPSA) is 65.2 Å². The van der Waals surface area contributed by atoms with Crippen LogP contribution in [0.25, 0.3) is 10.8 Å². The summed E-state index contributed by atoms with van der Waals surface area (Å²) in [6.07, 6.45) is 1.94. The first-order chi connectivity index (χ1) is 12.7. The monoisotopic (exact) mass is 347 g/mol. The van der Waals surface area contributed by atoms with Gasteiger partial charge in [-0.25, -0.2) is 0 Å². The van der Waals surface area contributed by atoms with Gasteiger partial charge in [-0.1, -0.05) is 36.4 Å². The molecule has 0 aliphatic carbocycles. The van der Waals surface area contributed by atoms with Gasteiger partial charge in [0, 0.05) is 30.7 Å². The largest absolute Gasteiger partial charge is 0.371 e. The minimum absolute atomic E-state index is 0.234. The van der Waals surface area contributed by atoms with Gasteiger partial charge in [0.2, 0.25) is 0 Å². The minimum Gasteiger partial charge on any atom is -0.371 e. The summed E-state index contributed by atoms with van der Waals surface area (Å²) in [6.45, 7) is 2.52. The highest BCUT2D eigenvalue weighted by Gasteiger charge is 2.17. The quantitative estimate of drug-likeness (QED) is 0.698. The lowest BCUT2D eigenvalue weighted by Gasteiger charge is -2.19. The first-order valence-corrected chi connectivity index (χ1v) is 8.95. The number of hydrogen-bond acceptors (Lipinski definition) is 3. The lowest BCUT2D eigenvalue weighted by atomic mass is 10.1. The highest BCUT2D eigenvalue weighted by atomic mass is 16.2. The van der Waals surface area contributed by atoms with E-state index in [1.165, 1.54) is 11.3 Å². The fourth-order valence-electron chi connectivity index (χ4n) is 3.54. The van der Waals surface area contributed by atoms with Crippen molar-refractivity contribution < 1.29 is 4.79 Å². The van der Waals surface area contributed by atoms with Crippen LogP contribution in [-0.4, -0.2) is 30.5 Å². The molecule has 0 radical (unpaired) electrons. The zero-order valence-corrected chi connectivity index (χ0v) is 14.5. The summed E-state index contributed by atoms with van der Waals surface area (Å²) in [7, 11) is 0. The lowest BCUT2D eigenvalue weighted by molar-refractivity contribution is 0.0948. The maximum atomic E-state index is 12.3. The number of carbonyl (C=O) groups excluding carboxylic acids is 1. The van der Waals surface area contributed by atoms with E-state index in [-0.39, 0.29) is 11.5 Å². The number of pyridine rings is 1. The molecule has 0 saturated heterocycles. The molecule has 0 saturated carbocycles. The minimum atomic E-state index is -0.241. The van der Waals surface area contributed by atoms with Crippen molar-refractivity contribution in [3.8, 4) is 0 Å². The number of benzene rings is 2. The molecular formula is C21H21N3O2. The third kappa shape index (κ3) is 3.20. The van der Waals surface area contributed by atoms with E-state index in [2.05, 4.69) is 39.5 Å². The van der Waals surface area contributed by atoms with Crippen molar-refractivity contribution in [3.05, 3.63) is 76.2 Å². The summed E-state index contributed by atoms with van der Waals surface area (Å²) in [5, 5.41) is 4.27. The number of aromatic amines is 1. The number of rotatable bonds is 5. The van der Waals surface area contributed by atoms with Crippen LogP contribution in [0.5, 0.6) is 0 Å². The highest BCUT2D eigenvalue weighted by Crippen LogP contribution is 2.27. The van der Waals surface area contributed by atoms with Crippen LogP contribution in [0.15, 0.2) is 59.4 Å². The Kier molecular flexibility index (Phi) is 4.44. The third-order valence-electron chi connectivity index (χ3n) is 4.87. The number of nitrogens with one attached hydrogen (secondary N) is 2. The maximum Gasteiger partial charge on any atom is 0.267 e. The number of para-hydroxylation sites is 1. The van der Waals surface area contributed by atoms with E-state index in [1.807, 2.05) is 18.2 Å². The SMILES string of the molecule is O=C(NCCCN1CCc2ccccc21)c1cc2ccccc2c(=O)[nH]1. The average molecular weight is 347 g/mol. The normalized spacial score (nSPS) is 13.0. The van der Waals surface area contributed by atoms with Crippen LogP contribution in [-0.2, 0) is 6.42 Å². The molecule has 0 unspecified atom stereocenters. The number of nitrogens with zero attached hydrogens (tertiary/aromatic N) is 1. The highest BCUT2D eigenvalue weighted by molar-refractivity contribution is 5.96. The van der Waals surface area contributed by atoms with Crippen molar-refractivity contribution in [2.45, 2.75) is 12.8 Å². The molecule has 26 heavy (non-hydrogen) atoms. The Morgan fingerprint density at radius 1 is 1.12 bits per heavy atom. The number of aromatic nitrogens is 1. The molecule has 0 spiro atoms. The Morgan fingerprint density at radius 2 is 1.92 bits per heavy atom. The van der Waals surface area contributed by atoms with E-state index >= 15 is 0 Å². The molecule has 1 aromatic heterocycles. The van der Waals surface area contributed by atoms with Crippen LogP contribution in [0, 0.1) is 0 Å². The van der Waals surface area contributed by atoms with Crippen molar-refractivity contribution in [3.63, 3.8) is 0 Å². The smallest absolute Gasteiger partial charge is 0.267 e. The molecule has 2 heterocycles. The van der Waals surface area contributed by atoms with Crippen LogP contribution in [0.3, 0.4) is 0 Å². The van der Waals surface area contributed by atoms with Gasteiger partial charge < -0.3 is 15.2 Å². The van der Waals surface area contributed by atoms with Gasteiger partial charge in [0.25, 0.3) is 11.5 Å². The molecule has 0 bridgehead atoms. The van der Waals surface area contributed by atoms with E-state index in [0.29, 0.717) is 17.6 Å². The van der Waals surface area contributed by atoms with Crippen molar-refractivity contribution >= 4 is 22.4 Å². The first kappa shape index (κ1) is 16.4. The summed E-state index contributed by atoms with van der Waals surface area (Å²) in [5.41, 5.74) is 2.77. The van der Waals surface area contributed by atoms with Gasteiger partial charge in [0.1, 0.15) is 5.69 Å². The second kappa shape index (κ2) is 7.04. The number of carbonyl (C=O) groups is 1. The number of amides is 1. The summed E-state index contributed by atoms with van der Waals surface area (Å²) in [4.78, 5) is 29.5. The van der Waals surface area contributed by atoms with Crippen LogP contribution in [0.2, 0.25) is 0 Å². The molecule has 4 rings (SSSR count). The molecule has 5 heteroatoms. The van der Waals surface area contributed by atoms with Gasteiger partial charge in [0.05, 0.1) is 0 Å². The third-order valence-corrected chi connectivity index (χ3v) is 4.87. The standard InChI is InChI=1S/C21H21N3O2/c25-20-17-8-3-1-7-16(17)14-18(23-20)21(26)22-11-5-12-24-13-10-15-6-2-4-9-19(15)24/h1-4,6-9,14H,5,10-13H2,(H,22,26)(H,23,25). The number of H-pyrrole nitrogens is 1. The van der Waals surface area contributed by atoms with Crippen molar-refractivity contribution in [2.24, 2.45) is 0 Å². The zero-order valence-electron chi connectivity index (χ0n) is 14.5. The Labute approximate surface area is 151 Å². The summed E-state index contributed by atoms with van der Waals surface area (Å²) >= 11 is 0. The predicted octanol–water partition coefficient (Wildman–Crippen LogP) is 2.71. The van der Waals surface area contributed by atoms with Crippen LogP contribution in [0.4, 0.5) is 5.69 Å². The summed E-state index contributed by atoms with van der Waals surface area (Å²) < 4.78 is 0. The van der Waals surface area contributed by atoms with Gasteiger partial charge >= 0.3 is 0 Å². The maximum absolute atomic E-state index is 12.3. The molecule has 3 aromatic rings. The van der Waals surface area contributed by atoms with Gasteiger partial charge in [-0.2, -0.15) is 0 Å². The van der Waals surface area contributed by atoms with Crippen molar-refractivity contribution in [1.29, 1.82) is 0 Å². The Morgan fingerprint density at radius 3 is 2.85 bits per heavy atom. The predicted molar refractivity (Wildman–Crippen MR) is 104 cm³/mol. The Hall–Kier alpha value is -3.08. The second-order valence-corrected chi connectivity index (χ2v) is 6.57. The van der Waals surface area contributed by atoms with Gasteiger partial charge in [-0.05, 0) is 42.0 Å². The molecule has 1 aliphatic rings. The zero-order chi connectivity index (χ0) is 17.9. The fraction of sp³-hybridized carbons (Fsp3) is 0.238. The fourth-order valence-corrected chi connectivity index (χ4v) is 3.54. The second-order valence-electron chi connectivity index (χ2n) is 6.57. The summed E-state index contributed by atoms with van der Waals surface area (Å²) in [6, 6.07) is 17.5. The van der Waals surface area contributed by atoms with Gasteiger partial charge in [-0.3, -0.25) is 9.59 Å². The number of hydrogen-bond donors (Lipinski definition) is 2. The molecule has 0 atom stereocenters. The van der Waals surface area contributed by atoms with E-state index in [1.54, 1.807) is 12.1 Å². The van der Waals surface area contributed by atoms with Crippen molar-refractivity contribution in [1.82, 2.24) is 10.3 Å². The van der Waals surface area contributed by atoms with Crippen LogP contribution in [0.1, 0.15) is 22.5 Å². The molecule has 132 valence electrons. The van der Waals surface area contributed by atoms with E-state index < -0.39 is 0 Å². The number of fused-ring (bicyclic) bond motifs is 2. The van der Waals surface area contributed by atoms with Gasteiger partial charge in [0.15, 0.2) is 0 Å². The summed E-state index contributed by atoms with van der Waals surface area (Å²) in [5.74, 6) is -0.241. The molecule has 1 aliphatic heterocycles. The molecule has 0 fully saturated rings. The lowest BCUT2D eigenvalue weighted by Crippen LogP contribution is -2.30. The molecule has 2 N–H and O–H groups in total. The van der Waals surface area contributed by atoms with Crippen molar-refractivity contribution in [2.75, 3.05) is 24.5 Å². The Balaban J connectivity index is 1.34. The van der Waals surface area contributed by atoms with E-state index in [4.69, 9.17) is 0 Å². The van der Waals surface area contributed by atoms with Crippen LogP contribution >= 0.6 is 0 Å². The molecule has 1 amide bonds. The number of anilines is 1. The van der Waals surface area contributed by atoms with E-state index in [0.717, 1.165) is 31.3 Å². The molecular weight excluding hydrogens is 326 g/mol. The molecule has 2 aromatic carbocycles. The van der Waals surface area contributed by atoms with Gasteiger partial charge in [-0.15, -0.1) is 0 Å². The van der Waals surface area contributed by atoms with Crippen LogP contribution < -0.4 is 15.8 Å². The van der Waals surface area contributed by atoms with E-state index in [9.17, 15) is 9.59 Å².